The number of methoxy groups -OCH3 is 1. The molecule has 0 aliphatic carbocycles. The van der Waals surface area contributed by atoms with Gasteiger partial charge in [-0.2, -0.15) is 0 Å². The van der Waals surface area contributed by atoms with Gasteiger partial charge in [-0.15, -0.1) is 0 Å². The summed E-state index contributed by atoms with van der Waals surface area (Å²) in [4.78, 5) is 69.5. The Morgan fingerprint density at radius 2 is 1.70 bits per heavy atom. The van der Waals surface area contributed by atoms with Gasteiger partial charge in [0.15, 0.2) is 17.7 Å². The molecule has 5 rings (SSSR count). The lowest BCUT2D eigenvalue weighted by molar-refractivity contribution is -0.295. The molecule has 2 aromatic rings. The second-order valence-corrected chi connectivity index (χ2v) is 18.1. The lowest BCUT2D eigenvalue weighted by atomic mass is 9.72. The number of aryl methyl sites for hydroxylation is 2. The number of fused-ring (bicyclic) bond motifs is 1. The average Bonchev–Trinajstić information content (AvgIpc) is 3.82. The highest BCUT2D eigenvalue weighted by molar-refractivity contribution is 6.08. The molecule has 15 nitrogen and oxygen atoms in total. The number of aliphatic hydroxyl groups excluding tert-OH is 1. The van der Waals surface area contributed by atoms with Crippen LogP contribution in [0.25, 0.3) is 11.3 Å². The van der Waals surface area contributed by atoms with Crippen molar-refractivity contribution in [3.05, 3.63) is 36.5 Å². The van der Waals surface area contributed by atoms with Crippen LogP contribution >= 0.6 is 0 Å². The molecule has 13 atom stereocenters. The molecule has 1 N–H and O–H groups in total. The molecule has 0 bridgehead atoms. The Balaban J connectivity index is 1.47. The van der Waals surface area contributed by atoms with Crippen molar-refractivity contribution < 1.29 is 52.4 Å². The number of carbonyl (C=O) groups excluding carboxylic acids is 4. The molecule has 0 aromatic carbocycles. The Kier molecular flexibility index (Phi) is 15.2. The Morgan fingerprint density at radius 3 is 2.31 bits per heavy atom. The summed E-state index contributed by atoms with van der Waals surface area (Å²) in [6, 6.07) is 2.63. The molecule has 3 fully saturated rings. The fraction of sp³-hybridized carbons (Fsp3) is 0.733. The molecule has 3 saturated heterocycles. The molecule has 3 aliphatic rings. The summed E-state index contributed by atoms with van der Waals surface area (Å²) in [6.45, 7) is 15.6. The van der Waals surface area contributed by atoms with Crippen LogP contribution in [0.3, 0.4) is 0 Å². The van der Waals surface area contributed by atoms with Crippen molar-refractivity contribution in [2.24, 2.45) is 17.8 Å². The van der Waals surface area contributed by atoms with Gasteiger partial charge in [-0.3, -0.25) is 14.6 Å². The van der Waals surface area contributed by atoms with Crippen LogP contribution < -0.4 is 0 Å². The normalized spacial score (nSPS) is 36.7. The monoisotopic (exact) mass is 857 g/mol. The Morgan fingerprint density at radius 1 is 1.02 bits per heavy atom. The SMILES string of the molecule is CC[C@H]1OC(=O)[C@@](C)(F)C(=O)[C@H](C)[C@@H](OC2O[C@H](C)C[C@H](N(C)C)[C@H]2O)[C@@](C)(OC)C[C@@H](C)C(=O)[C@H](C)[C@H]2N(CCCCn3cnc(-c4ccc(C)nc4)c3)C(=O)O[C@]12CC. The number of hydrogen-bond acceptors (Lipinski definition) is 13. The molecule has 61 heavy (non-hydrogen) atoms. The minimum absolute atomic E-state index is 0.00127. The van der Waals surface area contributed by atoms with Gasteiger partial charge in [-0.1, -0.05) is 34.6 Å². The van der Waals surface area contributed by atoms with Crippen molar-refractivity contribution in [1.82, 2.24) is 24.3 Å². The van der Waals surface area contributed by atoms with E-state index >= 15 is 4.39 Å². The average molecular weight is 858 g/mol. The van der Waals surface area contributed by atoms with E-state index in [9.17, 15) is 24.3 Å². The van der Waals surface area contributed by atoms with Crippen LogP contribution in [-0.2, 0) is 44.6 Å². The number of imidazole rings is 1. The van der Waals surface area contributed by atoms with Crippen LogP contribution in [0.2, 0.25) is 0 Å². The summed E-state index contributed by atoms with van der Waals surface area (Å²) in [5, 5.41) is 11.4. The number of nitrogens with zero attached hydrogens (tertiary/aromatic N) is 5. The first-order valence-electron chi connectivity index (χ1n) is 21.8. The summed E-state index contributed by atoms with van der Waals surface area (Å²) in [6.07, 6.45) is 1.48. The summed E-state index contributed by atoms with van der Waals surface area (Å²) in [5.74, 6) is -5.75. The van der Waals surface area contributed by atoms with Gasteiger partial charge in [-0.25, -0.2) is 19.0 Å². The third-order valence-electron chi connectivity index (χ3n) is 13.4. The summed E-state index contributed by atoms with van der Waals surface area (Å²) < 4.78 is 49.9. The zero-order valence-corrected chi connectivity index (χ0v) is 38.1. The van der Waals surface area contributed by atoms with Gasteiger partial charge in [0, 0.05) is 67.6 Å². The predicted molar refractivity (Wildman–Crippen MR) is 224 cm³/mol. The molecule has 0 radical (unpaired) electrons. The number of rotatable bonds is 12. The second-order valence-electron chi connectivity index (χ2n) is 18.1. The van der Waals surface area contributed by atoms with Crippen LogP contribution in [0.15, 0.2) is 30.9 Å². The first kappa shape index (κ1) is 48.2. The highest BCUT2D eigenvalue weighted by Crippen LogP contribution is 2.45. The van der Waals surface area contributed by atoms with Crippen LogP contribution in [0.5, 0.6) is 0 Å². The Labute approximate surface area is 360 Å². The first-order chi connectivity index (χ1) is 28.6. The predicted octanol–water partition coefficient (Wildman–Crippen LogP) is 5.72. The van der Waals surface area contributed by atoms with Crippen molar-refractivity contribution in [2.45, 2.75) is 167 Å². The lowest BCUT2D eigenvalue weighted by Gasteiger charge is -2.47. The minimum Gasteiger partial charge on any atom is -0.455 e. The van der Waals surface area contributed by atoms with Gasteiger partial charge in [0.25, 0.3) is 5.67 Å². The zero-order valence-electron chi connectivity index (χ0n) is 38.1. The Hall–Kier alpha value is -3.83. The van der Waals surface area contributed by atoms with E-state index in [4.69, 9.17) is 23.7 Å². The molecule has 1 amide bonds. The number of pyridine rings is 1. The van der Waals surface area contributed by atoms with Gasteiger partial charge in [0.1, 0.15) is 18.0 Å². The van der Waals surface area contributed by atoms with E-state index in [1.165, 1.54) is 14.0 Å². The van der Waals surface area contributed by atoms with Gasteiger partial charge in [0.2, 0.25) is 0 Å². The summed E-state index contributed by atoms with van der Waals surface area (Å²) in [5.41, 5.74) is -3.57. The van der Waals surface area contributed by atoms with Crippen LogP contribution in [0.4, 0.5) is 9.18 Å². The fourth-order valence-electron chi connectivity index (χ4n) is 9.83. The van der Waals surface area contributed by atoms with E-state index in [-0.39, 0.29) is 43.7 Å². The van der Waals surface area contributed by atoms with Crippen LogP contribution in [0, 0.1) is 24.7 Å². The molecular weight excluding hydrogens is 790 g/mol. The third-order valence-corrected chi connectivity index (χ3v) is 13.4. The van der Waals surface area contributed by atoms with E-state index in [0.29, 0.717) is 25.8 Å². The molecule has 3 aliphatic heterocycles. The Bertz CT molecular complexity index is 1860. The smallest absolute Gasteiger partial charge is 0.410 e. The van der Waals surface area contributed by atoms with E-state index in [0.717, 1.165) is 23.9 Å². The number of ether oxygens (including phenoxy) is 5. The van der Waals surface area contributed by atoms with E-state index in [2.05, 4.69) is 9.97 Å². The minimum atomic E-state index is -3.18. The van der Waals surface area contributed by atoms with Crippen molar-refractivity contribution in [3.8, 4) is 11.3 Å². The number of likely N-dealkylation sites (N-methyl/N-ethyl adjacent to an activating group) is 1. The number of amides is 1. The zero-order chi connectivity index (χ0) is 45.2. The number of carbonyl (C=O) groups is 4. The van der Waals surface area contributed by atoms with Crippen molar-refractivity contribution in [1.29, 1.82) is 0 Å². The molecule has 0 saturated carbocycles. The highest BCUT2D eigenvalue weighted by Gasteiger charge is 2.63. The van der Waals surface area contributed by atoms with Crippen molar-refractivity contribution in [3.63, 3.8) is 0 Å². The molecule has 16 heteroatoms. The largest absolute Gasteiger partial charge is 0.455 e. The molecule has 5 heterocycles. The van der Waals surface area contributed by atoms with Gasteiger partial charge >= 0.3 is 12.1 Å². The second kappa shape index (κ2) is 19.3. The number of alkyl halides is 1. The number of hydrogen-bond donors (Lipinski definition) is 1. The maximum absolute atomic E-state index is 17.0. The topological polar surface area (TPSA) is 172 Å². The maximum Gasteiger partial charge on any atom is 0.410 e. The molecule has 1 unspecified atom stereocenters. The first-order valence-corrected chi connectivity index (χ1v) is 21.8. The lowest BCUT2D eigenvalue weighted by Crippen LogP contribution is -2.62. The molecule has 340 valence electrons. The standard InChI is InChI=1S/C45H68FN5O10/c1-13-34-45(14-2)37(51(42(56)61-45)20-16-15-19-50-24-32(48-25-50)31-18-17-27(4)47-23-31)29(6)35(52)26(3)22-43(8,57-12)39(30(7)38(54)44(9,46)41(55)59-34)60-40-36(53)33(49(10)11)21-28(5)58-40/h17-18,23-26,28-30,33-34,36-37,39-40,53H,13-16,19-22H2,1-12H3/t26-,28-,29+,30+,33+,34-,36-,37-,39-,40?,43+,44+,45-/m1/s1. The van der Waals surface area contributed by atoms with Crippen LogP contribution in [0.1, 0.15) is 99.6 Å². The third kappa shape index (κ3) is 9.73. The summed E-state index contributed by atoms with van der Waals surface area (Å²) in [7, 11) is 5.06. The number of esters is 1. The van der Waals surface area contributed by atoms with Crippen LogP contribution in [-0.4, -0.2) is 140 Å². The van der Waals surface area contributed by atoms with Crippen molar-refractivity contribution in [2.75, 3.05) is 27.7 Å². The number of ketones is 2. The fourth-order valence-corrected chi connectivity index (χ4v) is 9.83. The number of aliphatic hydroxyl groups is 1. The quantitative estimate of drug-likeness (QED) is 0.156. The number of Topliss-reactive ketones (excluding diaryl/α,β-unsaturated/α-hetero) is 2. The summed E-state index contributed by atoms with van der Waals surface area (Å²) >= 11 is 0. The van der Waals surface area contributed by atoms with E-state index in [1.54, 1.807) is 52.0 Å². The number of halogens is 1. The number of aromatic nitrogens is 3. The van der Waals surface area contributed by atoms with E-state index in [1.807, 2.05) is 55.7 Å². The van der Waals surface area contributed by atoms with Gasteiger partial charge < -0.3 is 43.2 Å². The molecule has 2 aromatic heterocycles. The van der Waals surface area contributed by atoms with E-state index < -0.39 is 83.1 Å². The van der Waals surface area contributed by atoms with Crippen molar-refractivity contribution >= 4 is 23.6 Å². The number of unbranched alkanes of at least 4 members (excludes halogenated alkanes) is 1. The van der Waals surface area contributed by atoms with Gasteiger partial charge in [-0.05, 0) is 92.4 Å². The maximum atomic E-state index is 17.0. The number of cyclic esters (lactones) is 1. The van der Waals surface area contributed by atoms with Gasteiger partial charge in [0.05, 0.1) is 35.9 Å². The highest BCUT2D eigenvalue weighted by atomic mass is 19.1. The molecular formula is C45H68FN5O10. The molecule has 0 spiro atoms.